The second-order valence-electron chi connectivity index (χ2n) is 10.9. The van der Waals surface area contributed by atoms with Gasteiger partial charge in [-0.05, 0) is 48.9 Å². The molecule has 2 fully saturated rings. The molecule has 0 N–H and O–H groups in total. The van der Waals surface area contributed by atoms with Crippen LogP contribution in [0.15, 0.2) is 42.6 Å². The van der Waals surface area contributed by atoms with E-state index in [2.05, 4.69) is 46.8 Å². The fourth-order valence-corrected chi connectivity index (χ4v) is 6.67. The smallest absolute Gasteiger partial charge is 0.345 e. The summed E-state index contributed by atoms with van der Waals surface area (Å²) in [6, 6.07) is 12.2. The van der Waals surface area contributed by atoms with Crippen LogP contribution in [0.5, 0.6) is 5.75 Å². The first kappa shape index (κ1) is 27.5. The minimum Gasteiger partial charge on any atom is -0.490 e. The SMILES string of the molecule is FC(F)OCCCC1c2c(OC3CC4(C3)CN(c3nc(Cl)nnc3Cl)C4)ccnc2CCN1Cc1ccccc1. The normalized spacial score (nSPS) is 20.3. The highest BCUT2D eigenvalue weighted by Crippen LogP contribution is 2.52. The van der Waals surface area contributed by atoms with E-state index in [0.29, 0.717) is 18.7 Å². The Balaban J connectivity index is 1.14. The van der Waals surface area contributed by atoms with Crippen molar-refractivity contribution in [2.24, 2.45) is 5.41 Å². The molecule has 1 unspecified atom stereocenters. The van der Waals surface area contributed by atoms with Crippen LogP contribution in [0.3, 0.4) is 0 Å². The van der Waals surface area contributed by atoms with Crippen molar-refractivity contribution in [3.63, 3.8) is 0 Å². The largest absolute Gasteiger partial charge is 0.490 e. The molecule has 1 aromatic carbocycles. The van der Waals surface area contributed by atoms with Crippen molar-refractivity contribution in [1.29, 1.82) is 0 Å². The second-order valence-corrected chi connectivity index (χ2v) is 11.6. The van der Waals surface area contributed by atoms with E-state index in [1.807, 2.05) is 30.5 Å². The zero-order valence-corrected chi connectivity index (χ0v) is 23.4. The summed E-state index contributed by atoms with van der Waals surface area (Å²) in [6.07, 6.45) is 5.74. The first-order valence-corrected chi connectivity index (χ1v) is 14.3. The molecule has 0 radical (unpaired) electrons. The Labute approximate surface area is 241 Å². The van der Waals surface area contributed by atoms with Crippen LogP contribution in [0.25, 0.3) is 0 Å². The lowest BCUT2D eigenvalue weighted by atomic mass is 9.61. The van der Waals surface area contributed by atoms with Gasteiger partial charge in [0.1, 0.15) is 11.9 Å². The van der Waals surface area contributed by atoms with E-state index in [1.54, 1.807) is 0 Å². The van der Waals surface area contributed by atoms with Gasteiger partial charge in [0.05, 0.1) is 12.3 Å². The number of nitrogens with zero attached hydrogens (tertiary/aromatic N) is 6. The van der Waals surface area contributed by atoms with Crippen LogP contribution in [0.1, 0.15) is 48.5 Å². The second kappa shape index (κ2) is 11.7. The van der Waals surface area contributed by atoms with Crippen molar-refractivity contribution in [2.45, 2.75) is 57.4 Å². The van der Waals surface area contributed by atoms with Gasteiger partial charge in [-0.25, -0.2) is 0 Å². The number of alkyl halides is 2. The molecule has 1 atom stereocenters. The molecule has 8 nitrogen and oxygen atoms in total. The van der Waals surface area contributed by atoms with Gasteiger partial charge < -0.3 is 14.4 Å². The number of pyridine rings is 1. The molecule has 3 aliphatic rings. The highest BCUT2D eigenvalue weighted by Gasteiger charge is 2.54. The van der Waals surface area contributed by atoms with Gasteiger partial charge in [-0.3, -0.25) is 9.88 Å². The maximum Gasteiger partial charge on any atom is 0.345 e. The summed E-state index contributed by atoms with van der Waals surface area (Å²) in [7, 11) is 0. The number of aromatic nitrogens is 4. The number of hydrogen-bond acceptors (Lipinski definition) is 8. The summed E-state index contributed by atoms with van der Waals surface area (Å²) < 4.78 is 36.4. The molecule has 212 valence electrons. The van der Waals surface area contributed by atoms with Gasteiger partial charge in [0.25, 0.3) is 0 Å². The van der Waals surface area contributed by atoms with E-state index in [-0.39, 0.29) is 34.6 Å². The van der Waals surface area contributed by atoms with Gasteiger partial charge in [0.2, 0.25) is 5.28 Å². The molecule has 2 aromatic heterocycles. The molecule has 4 heterocycles. The Hall–Kier alpha value is -2.66. The Morgan fingerprint density at radius 1 is 1.07 bits per heavy atom. The summed E-state index contributed by atoms with van der Waals surface area (Å²) in [5.74, 6) is 1.41. The van der Waals surface area contributed by atoms with E-state index in [0.717, 1.165) is 62.4 Å². The third-order valence-corrected chi connectivity index (χ3v) is 8.51. The standard InChI is InChI=1S/C28H30Cl2F2N6O2/c29-24-25(34-26(30)36-35-24)38-16-28(17-38)13-19(14-28)40-22-8-10-33-20-9-11-37(15-18-5-2-1-3-6-18)21(23(20)22)7-4-12-39-27(31)32/h1-3,5-6,8,10,19,21,27H,4,7,9,11-17H2. The molecule has 1 saturated heterocycles. The minimum absolute atomic E-state index is 0.000635. The van der Waals surface area contributed by atoms with E-state index in [1.165, 1.54) is 5.56 Å². The molecule has 3 aromatic rings. The first-order valence-electron chi connectivity index (χ1n) is 13.5. The number of hydrogen-bond donors (Lipinski definition) is 0. The maximum absolute atomic E-state index is 12.6. The molecule has 1 aliphatic carbocycles. The highest BCUT2D eigenvalue weighted by atomic mass is 35.5. The Kier molecular flexibility index (Phi) is 8.03. The fourth-order valence-electron chi connectivity index (χ4n) is 6.35. The van der Waals surface area contributed by atoms with E-state index >= 15 is 0 Å². The molecule has 12 heteroatoms. The summed E-state index contributed by atoms with van der Waals surface area (Å²) in [4.78, 5) is 13.4. The third-order valence-electron chi connectivity index (χ3n) is 8.11. The highest BCUT2D eigenvalue weighted by molar-refractivity contribution is 6.32. The Morgan fingerprint density at radius 3 is 2.65 bits per heavy atom. The van der Waals surface area contributed by atoms with Crippen molar-refractivity contribution in [3.8, 4) is 5.75 Å². The molecule has 6 rings (SSSR count). The third kappa shape index (κ3) is 5.86. The van der Waals surface area contributed by atoms with Crippen LogP contribution in [-0.4, -0.2) is 64.0 Å². The van der Waals surface area contributed by atoms with Gasteiger partial charge in [-0.1, -0.05) is 41.9 Å². The van der Waals surface area contributed by atoms with Gasteiger partial charge in [-0.2, -0.15) is 13.8 Å². The number of benzene rings is 1. The number of fused-ring (bicyclic) bond motifs is 1. The van der Waals surface area contributed by atoms with Crippen molar-refractivity contribution in [1.82, 2.24) is 25.1 Å². The topological polar surface area (TPSA) is 76.5 Å². The Bertz CT molecular complexity index is 1320. The number of rotatable bonds is 10. The predicted molar refractivity (Wildman–Crippen MR) is 147 cm³/mol. The average molecular weight is 591 g/mol. The molecule has 1 spiro atoms. The summed E-state index contributed by atoms with van der Waals surface area (Å²) >= 11 is 12.1. The molecule has 2 aliphatic heterocycles. The minimum atomic E-state index is -2.76. The molecule has 1 saturated carbocycles. The van der Waals surface area contributed by atoms with Crippen molar-refractivity contribution in [2.75, 3.05) is 31.1 Å². The Morgan fingerprint density at radius 2 is 1.88 bits per heavy atom. The van der Waals surface area contributed by atoms with Crippen LogP contribution in [-0.2, 0) is 17.7 Å². The van der Waals surface area contributed by atoms with Crippen LogP contribution < -0.4 is 9.64 Å². The van der Waals surface area contributed by atoms with Crippen LogP contribution >= 0.6 is 23.2 Å². The lowest BCUT2D eigenvalue weighted by Crippen LogP contribution is -2.65. The number of anilines is 1. The lowest BCUT2D eigenvalue weighted by Gasteiger charge is -2.59. The maximum atomic E-state index is 12.6. The van der Waals surface area contributed by atoms with Crippen LogP contribution in [0.2, 0.25) is 10.4 Å². The van der Waals surface area contributed by atoms with Gasteiger partial charge in [0.15, 0.2) is 11.0 Å². The molecule has 0 amide bonds. The van der Waals surface area contributed by atoms with Gasteiger partial charge in [-0.15, -0.1) is 10.2 Å². The molecule has 40 heavy (non-hydrogen) atoms. The van der Waals surface area contributed by atoms with Crippen LogP contribution in [0.4, 0.5) is 14.6 Å². The van der Waals surface area contributed by atoms with E-state index in [4.69, 9.17) is 27.9 Å². The molecular formula is C28H30Cl2F2N6O2. The fraction of sp³-hybridized carbons (Fsp3) is 0.500. The number of ether oxygens (including phenoxy) is 2. The quantitative estimate of drug-likeness (QED) is 0.277. The van der Waals surface area contributed by atoms with Crippen molar-refractivity contribution < 1.29 is 18.3 Å². The van der Waals surface area contributed by atoms with Gasteiger partial charge >= 0.3 is 6.61 Å². The zero-order chi connectivity index (χ0) is 27.7. The van der Waals surface area contributed by atoms with E-state index in [9.17, 15) is 8.78 Å². The predicted octanol–water partition coefficient (Wildman–Crippen LogP) is 5.74. The monoisotopic (exact) mass is 590 g/mol. The van der Waals surface area contributed by atoms with E-state index < -0.39 is 6.61 Å². The summed E-state index contributed by atoms with van der Waals surface area (Å²) in [5, 5.41) is 7.87. The summed E-state index contributed by atoms with van der Waals surface area (Å²) in [6.45, 7) is 0.485. The first-order chi connectivity index (χ1) is 19.4. The number of halogens is 4. The lowest BCUT2D eigenvalue weighted by molar-refractivity contribution is -0.130. The average Bonchev–Trinajstić information content (AvgIpc) is 2.90. The van der Waals surface area contributed by atoms with Gasteiger partial charge in [0, 0.05) is 55.8 Å². The van der Waals surface area contributed by atoms with Crippen molar-refractivity contribution >= 4 is 29.0 Å². The molecular weight excluding hydrogens is 561 g/mol. The van der Waals surface area contributed by atoms with Crippen LogP contribution in [0, 0.1) is 5.41 Å². The van der Waals surface area contributed by atoms with Crippen molar-refractivity contribution in [3.05, 3.63) is 69.9 Å². The zero-order valence-electron chi connectivity index (χ0n) is 21.9. The summed E-state index contributed by atoms with van der Waals surface area (Å²) in [5.41, 5.74) is 3.46. The molecule has 0 bridgehead atoms.